The number of benzene rings is 2. The van der Waals surface area contributed by atoms with Crippen molar-refractivity contribution >= 4 is 15.9 Å². The van der Waals surface area contributed by atoms with E-state index in [0.717, 1.165) is 5.56 Å². The van der Waals surface area contributed by atoms with Crippen molar-refractivity contribution in [3.63, 3.8) is 0 Å². The number of hydrogen-bond acceptors (Lipinski definition) is 5. The number of hydrogen-bond donors (Lipinski definition) is 2. The Morgan fingerprint density at radius 2 is 1.60 bits per heavy atom. The summed E-state index contributed by atoms with van der Waals surface area (Å²) in [5, 5.41) is 12.7. The lowest BCUT2D eigenvalue weighted by molar-refractivity contribution is -0.132. The third kappa shape index (κ3) is 4.35. The molecule has 2 saturated heterocycles. The first-order valence-corrected chi connectivity index (χ1v) is 11.7. The van der Waals surface area contributed by atoms with Crippen molar-refractivity contribution in [1.82, 2.24) is 14.5 Å². The van der Waals surface area contributed by atoms with Crippen LogP contribution in [0, 0.1) is 0 Å². The Bertz CT molecular complexity index is 954. The number of sulfonamides is 1. The molecule has 2 heterocycles. The smallest absolute Gasteiger partial charge is 0.243 e. The zero-order chi connectivity index (χ0) is 21.8. The summed E-state index contributed by atoms with van der Waals surface area (Å²) in [7, 11) is -3.62. The molecule has 2 aliphatic heterocycles. The summed E-state index contributed by atoms with van der Waals surface area (Å²) in [5.41, 5.74) is 0.548. The van der Waals surface area contributed by atoms with Crippen molar-refractivity contribution in [2.24, 2.45) is 0 Å². The molecule has 2 aromatic rings. The summed E-state index contributed by atoms with van der Waals surface area (Å²) < 4.78 is 27.2. The van der Waals surface area contributed by atoms with Crippen LogP contribution in [0.15, 0.2) is 59.5 Å². The van der Waals surface area contributed by atoms with Gasteiger partial charge in [-0.2, -0.15) is 4.31 Å². The fraction of sp³-hybridized carbons (Fsp3) is 0.409. The highest BCUT2D eigenvalue weighted by Crippen LogP contribution is 2.33. The van der Waals surface area contributed by atoms with Gasteiger partial charge < -0.3 is 10.0 Å². The van der Waals surface area contributed by atoms with Gasteiger partial charge in [-0.25, -0.2) is 8.42 Å². The minimum absolute atomic E-state index is 0.0294. The highest BCUT2D eigenvalue weighted by Gasteiger charge is 2.48. The fourth-order valence-electron chi connectivity index (χ4n) is 3.99. The third-order valence-corrected chi connectivity index (χ3v) is 7.51. The molecule has 0 aromatic heterocycles. The first kappa shape index (κ1) is 22.3. The van der Waals surface area contributed by atoms with E-state index in [1.807, 2.05) is 49.1 Å². The normalized spacial score (nSPS) is 18.9. The molecule has 4 rings (SSSR count). The lowest BCUT2D eigenvalue weighted by Crippen LogP contribution is -2.58. The maximum absolute atomic E-state index is 12.9. The molecule has 1 spiro atoms. The standard InChI is InChI=1S/C20H23N3O4S.C2H6/c24-17-6-8-18(9-7-17)28(26,27)22-12-10-20(11-13-22)21-14-19(25)23(20)15-16-4-2-1-3-5-16;1-2/h1-9,21,24H,10-15H2;1-2H3. The average Bonchev–Trinajstić information content (AvgIpc) is 3.06. The molecule has 8 heteroatoms. The van der Waals surface area contributed by atoms with Crippen LogP contribution in [0.25, 0.3) is 0 Å². The molecule has 2 fully saturated rings. The molecule has 0 bridgehead atoms. The molecule has 30 heavy (non-hydrogen) atoms. The molecule has 2 aliphatic rings. The number of rotatable bonds is 4. The van der Waals surface area contributed by atoms with E-state index in [1.54, 1.807) is 0 Å². The second kappa shape index (κ2) is 9.16. The van der Waals surface area contributed by atoms with Crippen molar-refractivity contribution < 1.29 is 18.3 Å². The van der Waals surface area contributed by atoms with Crippen molar-refractivity contribution in [1.29, 1.82) is 0 Å². The average molecular weight is 432 g/mol. The van der Waals surface area contributed by atoms with Crippen molar-refractivity contribution in [2.75, 3.05) is 19.6 Å². The van der Waals surface area contributed by atoms with E-state index < -0.39 is 15.7 Å². The van der Waals surface area contributed by atoms with Gasteiger partial charge in [0, 0.05) is 19.6 Å². The zero-order valence-electron chi connectivity index (χ0n) is 17.4. The molecular weight excluding hydrogens is 402 g/mol. The molecular formula is C22H29N3O4S. The number of amides is 1. The van der Waals surface area contributed by atoms with Crippen molar-refractivity contribution in [3.05, 3.63) is 60.2 Å². The number of aromatic hydroxyl groups is 1. The minimum atomic E-state index is -3.62. The Balaban J connectivity index is 0.00000124. The molecule has 7 nitrogen and oxygen atoms in total. The number of piperidine rings is 1. The predicted molar refractivity (Wildman–Crippen MR) is 115 cm³/mol. The number of nitrogens with one attached hydrogen (secondary N) is 1. The van der Waals surface area contributed by atoms with Crippen LogP contribution in [0.1, 0.15) is 32.3 Å². The van der Waals surface area contributed by atoms with Gasteiger partial charge >= 0.3 is 0 Å². The maximum atomic E-state index is 12.9. The van der Waals surface area contributed by atoms with Crippen LogP contribution in [0.4, 0.5) is 0 Å². The van der Waals surface area contributed by atoms with E-state index in [1.165, 1.54) is 28.6 Å². The van der Waals surface area contributed by atoms with Gasteiger partial charge in [0.1, 0.15) is 5.75 Å². The summed E-state index contributed by atoms with van der Waals surface area (Å²) in [6, 6.07) is 15.4. The SMILES string of the molecule is CC.O=C1CNC2(CCN(S(=O)(=O)c3ccc(O)cc3)CC2)N1Cc1ccccc1. The molecule has 0 saturated carbocycles. The second-order valence-electron chi connectivity index (χ2n) is 7.25. The van der Waals surface area contributed by atoms with E-state index in [9.17, 15) is 18.3 Å². The second-order valence-corrected chi connectivity index (χ2v) is 9.19. The summed E-state index contributed by atoms with van der Waals surface area (Å²) in [4.78, 5) is 14.5. The molecule has 0 atom stereocenters. The van der Waals surface area contributed by atoms with Crippen LogP contribution in [-0.2, 0) is 21.4 Å². The zero-order valence-corrected chi connectivity index (χ0v) is 18.2. The van der Waals surface area contributed by atoms with Gasteiger partial charge in [-0.05, 0) is 42.7 Å². The summed E-state index contributed by atoms with van der Waals surface area (Å²) in [6.45, 7) is 5.44. The van der Waals surface area contributed by atoms with E-state index in [2.05, 4.69) is 5.32 Å². The van der Waals surface area contributed by atoms with Crippen LogP contribution < -0.4 is 5.32 Å². The van der Waals surface area contributed by atoms with Crippen LogP contribution in [0.2, 0.25) is 0 Å². The van der Waals surface area contributed by atoms with Crippen LogP contribution in [0.5, 0.6) is 5.75 Å². The van der Waals surface area contributed by atoms with Gasteiger partial charge in [-0.15, -0.1) is 0 Å². The number of carbonyl (C=O) groups is 1. The summed E-state index contributed by atoms with van der Waals surface area (Å²) in [5.74, 6) is 0.0699. The Kier molecular flexibility index (Phi) is 6.80. The van der Waals surface area contributed by atoms with Crippen LogP contribution in [-0.4, -0.2) is 53.9 Å². The van der Waals surface area contributed by atoms with Crippen LogP contribution in [0.3, 0.4) is 0 Å². The first-order chi connectivity index (χ1) is 14.4. The lowest BCUT2D eigenvalue weighted by Gasteiger charge is -2.44. The van der Waals surface area contributed by atoms with Gasteiger partial charge in [0.2, 0.25) is 15.9 Å². The Morgan fingerprint density at radius 3 is 2.20 bits per heavy atom. The molecule has 0 radical (unpaired) electrons. The summed E-state index contributed by atoms with van der Waals surface area (Å²) >= 11 is 0. The van der Waals surface area contributed by atoms with Gasteiger partial charge in [-0.1, -0.05) is 44.2 Å². The molecule has 0 aliphatic carbocycles. The van der Waals surface area contributed by atoms with Gasteiger partial charge in [0.25, 0.3) is 0 Å². The van der Waals surface area contributed by atoms with Gasteiger partial charge in [-0.3, -0.25) is 10.1 Å². The van der Waals surface area contributed by atoms with Crippen LogP contribution >= 0.6 is 0 Å². The molecule has 0 unspecified atom stereocenters. The van der Waals surface area contributed by atoms with E-state index >= 15 is 0 Å². The highest BCUT2D eigenvalue weighted by atomic mass is 32.2. The fourth-order valence-corrected chi connectivity index (χ4v) is 5.43. The topological polar surface area (TPSA) is 90.0 Å². The number of phenols is 1. The van der Waals surface area contributed by atoms with Gasteiger partial charge in [0.15, 0.2) is 0 Å². The number of phenolic OH excluding ortho intramolecular Hbond substituents is 1. The van der Waals surface area contributed by atoms with E-state index in [0.29, 0.717) is 32.5 Å². The lowest BCUT2D eigenvalue weighted by atomic mass is 9.96. The molecule has 1 amide bonds. The number of nitrogens with zero attached hydrogens (tertiary/aromatic N) is 2. The van der Waals surface area contributed by atoms with Gasteiger partial charge in [0.05, 0.1) is 17.1 Å². The molecule has 2 N–H and O–H groups in total. The van der Waals surface area contributed by atoms with Crippen molar-refractivity contribution in [2.45, 2.75) is 43.8 Å². The largest absolute Gasteiger partial charge is 0.508 e. The molecule has 2 aromatic carbocycles. The monoisotopic (exact) mass is 431 g/mol. The number of carbonyl (C=O) groups excluding carboxylic acids is 1. The van der Waals surface area contributed by atoms with Crippen molar-refractivity contribution in [3.8, 4) is 5.75 Å². The molecule has 162 valence electrons. The third-order valence-electron chi connectivity index (χ3n) is 5.59. The first-order valence-electron chi connectivity index (χ1n) is 10.3. The van der Waals surface area contributed by atoms with E-state index in [-0.39, 0.29) is 23.1 Å². The summed E-state index contributed by atoms with van der Waals surface area (Å²) in [6.07, 6.45) is 1.06. The maximum Gasteiger partial charge on any atom is 0.243 e. The Morgan fingerprint density at radius 1 is 1.00 bits per heavy atom. The van der Waals surface area contributed by atoms with E-state index in [4.69, 9.17) is 0 Å². The highest BCUT2D eigenvalue weighted by molar-refractivity contribution is 7.89. The predicted octanol–water partition coefficient (Wildman–Crippen LogP) is 2.53. The quantitative estimate of drug-likeness (QED) is 0.777. The Labute approximate surface area is 178 Å². The Hall–Kier alpha value is -2.42. The minimum Gasteiger partial charge on any atom is -0.508 e.